The molecule has 0 radical (unpaired) electrons. The summed E-state index contributed by atoms with van der Waals surface area (Å²) in [6.45, 7) is 4.56. The molecule has 0 aromatic carbocycles. The highest BCUT2D eigenvalue weighted by Crippen LogP contribution is 2.27. The van der Waals surface area contributed by atoms with Crippen LogP contribution in [-0.4, -0.2) is 43.5 Å². The third-order valence-electron chi connectivity index (χ3n) is 3.63. The SMILES string of the molecule is CCS(=O)(=O)N1CCC(NC(=O)c2cc(C)c(Br)s2)CC1. The Labute approximate surface area is 137 Å². The molecule has 2 heterocycles. The fourth-order valence-electron chi connectivity index (χ4n) is 2.29. The van der Waals surface area contributed by atoms with Crippen molar-refractivity contribution in [3.63, 3.8) is 0 Å². The fourth-order valence-corrected chi connectivity index (χ4v) is 4.86. The maximum Gasteiger partial charge on any atom is 0.261 e. The summed E-state index contributed by atoms with van der Waals surface area (Å²) >= 11 is 4.83. The molecule has 8 heteroatoms. The van der Waals surface area contributed by atoms with Crippen LogP contribution in [-0.2, 0) is 10.0 Å². The summed E-state index contributed by atoms with van der Waals surface area (Å²) in [5, 5.41) is 2.99. The summed E-state index contributed by atoms with van der Waals surface area (Å²) in [6, 6.07) is 1.91. The van der Waals surface area contributed by atoms with Gasteiger partial charge in [-0.1, -0.05) is 0 Å². The number of thiophene rings is 1. The van der Waals surface area contributed by atoms with E-state index in [2.05, 4.69) is 21.2 Å². The molecule has 1 N–H and O–H groups in total. The first-order valence-electron chi connectivity index (χ1n) is 6.88. The lowest BCUT2D eigenvalue weighted by Gasteiger charge is -2.31. The van der Waals surface area contributed by atoms with E-state index in [-0.39, 0.29) is 17.7 Å². The Kier molecular flexibility index (Phi) is 5.45. The average molecular weight is 395 g/mol. The van der Waals surface area contributed by atoms with Crippen LogP contribution in [0.25, 0.3) is 0 Å². The lowest BCUT2D eigenvalue weighted by molar-refractivity contribution is 0.0928. The van der Waals surface area contributed by atoms with Gasteiger partial charge in [-0.3, -0.25) is 4.79 Å². The second-order valence-electron chi connectivity index (χ2n) is 5.11. The Morgan fingerprint density at radius 2 is 2.10 bits per heavy atom. The Morgan fingerprint density at radius 1 is 1.48 bits per heavy atom. The number of carbonyl (C=O) groups is 1. The van der Waals surface area contributed by atoms with E-state index in [1.165, 1.54) is 15.6 Å². The molecule has 0 bridgehead atoms. The Hall–Kier alpha value is -0.440. The first kappa shape index (κ1) is 16.9. The molecule has 1 fully saturated rings. The summed E-state index contributed by atoms with van der Waals surface area (Å²) in [6.07, 6.45) is 1.33. The summed E-state index contributed by atoms with van der Waals surface area (Å²) in [4.78, 5) is 12.8. The van der Waals surface area contributed by atoms with Crippen molar-refractivity contribution >= 4 is 43.2 Å². The van der Waals surface area contributed by atoms with E-state index in [0.29, 0.717) is 30.8 Å². The summed E-state index contributed by atoms with van der Waals surface area (Å²) in [5.41, 5.74) is 1.05. The number of carbonyl (C=O) groups excluding carboxylic acids is 1. The number of sulfonamides is 1. The van der Waals surface area contributed by atoms with Crippen LogP contribution in [0, 0.1) is 6.92 Å². The number of rotatable bonds is 4. The van der Waals surface area contributed by atoms with Gasteiger partial charge in [0.05, 0.1) is 14.4 Å². The van der Waals surface area contributed by atoms with Gasteiger partial charge < -0.3 is 5.32 Å². The molecule has 1 aromatic rings. The Balaban J connectivity index is 1.90. The van der Waals surface area contributed by atoms with E-state index in [1.54, 1.807) is 6.92 Å². The molecule has 118 valence electrons. The molecule has 0 spiro atoms. The smallest absolute Gasteiger partial charge is 0.261 e. The van der Waals surface area contributed by atoms with Crippen molar-refractivity contribution in [3.8, 4) is 0 Å². The van der Waals surface area contributed by atoms with Gasteiger partial charge in [0.25, 0.3) is 5.91 Å². The molecule has 2 rings (SSSR count). The van der Waals surface area contributed by atoms with Gasteiger partial charge in [0.1, 0.15) is 0 Å². The Bertz CT molecular complexity index is 600. The monoisotopic (exact) mass is 394 g/mol. The zero-order chi connectivity index (χ0) is 15.6. The second kappa shape index (κ2) is 6.76. The van der Waals surface area contributed by atoms with Crippen LogP contribution < -0.4 is 5.32 Å². The third kappa shape index (κ3) is 4.06. The number of amides is 1. The molecule has 1 aromatic heterocycles. The first-order chi connectivity index (χ1) is 9.83. The highest BCUT2D eigenvalue weighted by Gasteiger charge is 2.27. The van der Waals surface area contributed by atoms with Crippen molar-refractivity contribution < 1.29 is 13.2 Å². The minimum Gasteiger partial charge on any atom is -0.349 e. The van der Waals surface area contributed by atoms with Crippen molar-refractivity contribution in [2.75, 3.05) is 18.8 Å². The lowest BCUT2D eigenvalue weighted by atomic mass is 10.1. The molecule has 1 amide bonds. The van der Waals surface area contributed by atoms with Crippen LogP contribution in [0.1, 0.15) is 35.0 Å². The van der Waals surface area contributed by atoms with Gasteiger partial charge in [-0.25, -0.2) is 12.7 Å². The predicted molar refractivity (Wildman–Crippen MR) is 88.3 cm³/mol. The maximum absolute atomic E-state index is 12.2. The molecular weight excluding hydrogens is 376 g/mol. The van der Waals surface area contributed by atoms with E-state index in [1.807, 2.05) is 13.0 Å². The zero-order valence-corrected chi connectivity index (χ0v) is 15.3. The number of halogens is 1. The van der Waals surface area contributed by atoms with Gasteiger partial charge in [-0.05, 0) is 54.2 Å². The predicted octanol–water partition coefficient (Wildman–Crippen LogP) is 2.36. The molecule has 0 unspecified atom stereocenters. The number of nitrogens with zero attached hydrogens (tertiary/aromatic N) is 1. The summed E-state index contributed by atoms with van der Waals surface area (Å²) < 4.78 is 26.0. The van der Waals surface area contributed by atoms with Gasteiger partial charge in [0.15, 0.2) is 0 Å². The molecule has 0 aliphatic carbocycles. The van der Waals surface area contributed by atoms with Gasteiger partial charge in [0, 0.05) is 19.1 Å². The van der Waals surface area contributed by atoms with E-state index < -0.39 is 10.0 Å². The van der Waals surface area contributed by atoms with E-state index in [4.69, 9.17) is 0 Å². The highest BCUT2D eigenvalue weighted by atomic mass is 79.9. The molecule has 1 saturated heterocycles. The standard InChI is InChI=1S/C13H19BrN2O3S2/c1-3-21(18,19)16-6-4-10(5-7-16)15-13(17)11-8-9(2)12(14)20-11/h8,10H,3-7H2,1-2H3,(H,15,17). The van der Waals surface area contributed by atoms with Gasteiger partial charge in [-0.2, -0.15) is 0 Å². The van der Waals surface area contributed by atoms with Crippen LogP contribution in [0.4, 0.5) is 0 Å². The zero-order valence-electron chi connectivity index (χ0n) is 12.1. The van der Waals surface area contributed by atoms with E-state index in [0.717, 1.165) is 9.35 Å². The largest absolute Gasteiger partial charge is 0.349 e. The quantitative estimate of drug-likeness (QED) is 0.851. The normalized spacial score (nSPS) is 17.9. The minimum absolute atomic E-state index is 0.0435. The number of hydrogen-bond acceptors (Lipinski definition) is 4. The van der Waals surface area contributed by atoms with Gasteiger partial charge in [0.2, 0.25) is 10.0 Å². The van der Waals surface area contributed by atoms with Crippen LogP contribution in [0.2, 0.25) is 0 Å². The molecule has 5 nitrogen and oxygen atoms in total. The number of aryl methyl sites for hydroxylation is 1. The van der Waals surface area contributed by atoms with Crippen molar-refractivity contribution in [1.29, 1.82) is 0 Å². The minimum atomic E-state index is -3.11. The molecule has 21 heavy (non-hydrogen) atoms. The van der Waals surface area contributed by atoms with E-state index in [9.17, 15) is 13.2 Å². The van der Waals surface area contributed by atoms with Crippen molar-refractivity contribution in [1.82, 2.24) is 9.62 Å². The molecular formula is C13H19BrN2O3S2. The molecule has 1 aliphatic rings. The first-order valence-corrected chi connectivity index (χ1v) is 10.1. The van der Waals surface area contributed by atoms with Gasteiger partial charge in [-0.15, -0.1) is 11.3 Å². The third-order valence-corrected chi connectivity index (χ3v) is 7.65. The second-order valence-corrected chi connectivity index (χ2v) is 9.74. The van der Waals surface area contributed by atoms with Crippen LogP contribution in [0.3, 0.4) is 0 Å². The summed E-state index contributed by atoms with van der Waals surface area (Å²) in [7, 11) is -3.11. The van der Waals surface area contributed by atoms with Crippen molar-refractivity contribution in [3.05, 3.63) is 20.3 Å². The number of piperidine rings is 1. The van der Waals surface area contributed by atoms with E-state index >= 15 is 0 Å². The van der Waals surface area contributed by atoms with Crippen molar-refractivity contribution in [2.24, 2.45) is 0 Å². The number of nitrogens with one attached hydrogen (secondary N) is 1. The molecule has 1 aliphatic heterocycles. The molecule has 0 saturated carbocycles. The lowest BCUT2D eigenvalue weighted by Crippen LogP contribution is -2.46. The van der Waals surface area contributed by atoms with Crippen molar-refractivity contribution in [2.45, 2.75) is 32.7 Å². The van der Waals surface area contributed by atoms with Crippen LogP contribution in [0.5, 0.6) is 0 Å². The van der Waals surface area contributed by atoms with Gasteiger partial charge >= 0.3 is 0 Å². The topological polar surface area (TPSA) is 66.5 Å². The van der Waals surface area contributed by atoms with Crippen LogP contribution >= 0.6 is 27.3 Å². The highest BCUT2D eigenvalue weighted by molar-refractivity contribution is 9.11. The number of hydrogen-bond donors (Lipinski definition) is 1. The molecule has 0 atom stereocenters. The maximum atomic E-state index is 12.2. The summed E-state index contributed by atoms with van der Waals surface area (Å²) in [5.74, 6) is 0.0533. The Morgan fingerprint density at radius 3 is 2.57 bits per heavy atom. The fraction of sp³-hybridized carbons (Fsp3) is 0.615. The van der Waals surface area contributed by atoms with Crippen LogP contribution in [0.15, 0.2) is 9.85 Å². The average Bonchev–Trinajstić information content (AvgIpc) is 2.79.